The van der Waals surface area contributed by atoms with Gasteiger partial charge in [-0.1, -0.05) is 42.5 Å². The number of benzene rings is 3. The number of hydrogen-bond acceptors (Lipinski definition) is 4. The highest BCUT2D eigenvalue weighted by Gasteiger charge is 2.39. The van der Waals surface area contributed by atoms with Crippen molar-refractivity contribution >= 4 is 21.4 Å². The van der Waals surface area contributed by atoms with Crippen molar-refractivity contribution in [1.29, 1.82) is 0 Å². The molecule has 32 heavy (non-hydrogen) atoms. The van der Waals surface area contributed by atoms with Gasteiger partial charge >= 0.3 is 0 Å². The molecule has 0 spiro atoms. The Bertz CT molecular complexity index is 1210. The van der Waals surface area contributed by atoms with Crippen molar-refractivity contribution < 1.29 is 8.42 Å². The van der Waals surface area contributed by atoms with Crippen LogP contribution in [0.3, 0.4) is 0 Å². The van der Waals surface area contributed by atoms with Crippen LogP contribution in [0.1, 0.15) is 29.0 Å². The van der Waals surface area contributed by atoms with E-state index in [4.69, 9.17) is 0 Å². The Morgan fingerprint density at radius 2 is 1.75 bits per heavy atom. The smallest absolute Gasteiger partial charge is 0.264 e. The van der Waals surface area contributed by atoms with Gasteiger partial charge in [0.05, 0.1) is 10.6 Å². The van der Waals surface area contributed by atoms with Gasteiger partial charge in [0, 0.05) is 44.8 Å². The molecule has 1 aliphatic carbocycles. The molecular formula is C26H29N3O2S. The minimum absolute atomic E-state index is 0.349. The second-order valence-electron chi connectivity index (χ2n) is 8.92. The Morgan fingerprint density at radius 3 is 2.47 bits per heavy atom. The van der Waals surface area contributed by atoms with Gasteiger partial charge in [0.25, 0.3) is 10.0 Å². The fourth-order valence-electron chi connectivity index (χ4n) is 4.54. The first-order valence-corrected chi connectivity index (χ1v) is 12.6. The maximum absolute atomic E-state index is 13.1. The lowest BCUT2D eigenvalue weighted by Gasteiger charge is -2.19. The van der Waals surface area contributed by atoms with E-state index in [9.17, 15) is 8.42 Å². The maximum Gasteiger partial charge on any atom is 0.264 e. The topological polar surface area (TPSA) is 52.6 Å². The van der Waals surface area contributed by atoms with Crippen molar-refractivity contribution in [2.24, 2.45) is 0 Å². The second kappa shape index (κ2) is 8.26. The molecule has 1 fully saturated rings. The van der Waals surface area contributed by atoms with Crippen LogP contribution >= 0.6 is 0 Å². The summed E-state index contributed by atoms with van der Waals surface area (Å²) < 4.78 is 27.7. The summed E-state index contributed by atoms with van der Waals surface area (Å²) in [7, 11) is 0.591. The van der Waals surface area contributed by atoms with Gasteiger partial charge in [-0.05, 0) is 59.9 Å². The van der Waals surface area contributed by atoms with E-state index < -0.39 is 10.0 Å². The first-order valence-electron chi connectivity index (χ1n) is 11.1. The fourth-order valence-corrected chi connectivity index (χ4v) is 6.07. The number of nitrogens with zero attached hydrogens (tertiary/aromatic N) is 2. The molecule has 1 N–H and O–H groups in total. The normalized spacial score (nSPS) is 19.6. The van der Waals surface area contributed by atoms with Gasteiger partial charge in [-0.2, -0.15) is 0 Å². The van der Waals surface area contributed by atoms with Crippen LogP contribution in [0, 0.1) is 0 Å². The standard InChI is InChI=1S/C26H29N3O2S/c1-28(2)22-11-8-19(9-12-22)18-27-25-17-24(25)20-10-13-26-21(16-20)14-15-29(26)32(30,31)23-6-4-3-5-7-23/h3-13,16,24-25,27H,14-15,17-18H2,1-2H3/t24-,25+/m0/s1. The SMILES string of the molecule is CN(C)c1ccc(CN[C@@H]2C[C@H]2c2ccc3c(c2)CCN3S(=O)(=O)c2ccccc2)cc1. The van der Waals surface area contributed by atoms with E-state index in [-0.39, 0.29) is 0 Å². The molecule has 0 amide bonds. The Labute approximate surface area is 190 Å². The van der Waals surface area contributed by atoms with E-state index in [1.54, 1.807) is 28.6 Å². The van der Waals surface area contributed by atoms with E-state index in [0.717, 1.165) is 30.6 Å². The van der Waals surface area contributed by atoms with Gasteiger partial charge < -0.3 is 10.2 Å². The molecule has 166 valence electrons. The summed E-state index contributed by atoms with van der Waals surface area (Å²) in [6.45, 7) is 1.37. The lowest BCUT2D eigenvalue weighted by molar-refractivity contribution is 0.592. The quantitative estimate of drug-likeness (QED) is 0.591. The highest BCUT2D eigenvalue weighted by Crippen LogP contribution is 2.43. The molecule has 0 radical (unpaired) electrons. The molecule has 0 unspecified atom stereocenters. The second-order valence-corrected chi connectivity index (χ2v) is 10.8. The molecule has 0 bridgehead atoms. The summed E-state index contributed by atoms with van der Waals surface area (Å²) in [5.74, 6) is 0.501. The molecule has 0 saturated heterocycles. The number of rotatable bonds is 7. The van der Waals surface area contributed by atoms with E-state index in [2.05, 4.69) is 60.7 Å². The highest BCUT2D eigenvalue weighted by molar-refractivity contribution is 7.92. The zero-order valence-corrected chi connectivity index (χ0v) is 19.3. The molecule has 0 aromatic heterocycles. The van der Waals surface area contributed by atoms with E-state index in [1.165, 1.54) is 16.8 Å². The van der Waals surface area contributed by atoms with Gasteiger partial charge in [0.2, 0.25) is 0 Å². The number of fused-ring (bicyclic) bond motifs is 1. The molecule has 1 heterocycles. The summed E-state index contributed by atoms with van der Waals surface area (Å²) >= 11 is 0. The monoisotopic (exact) mass is 447 g/mol. The van der Waals surface area contributed by atoms with E-state index in [0.29, 0.717) is 23.4 Å². The number of hydrogen-bond donors (Lipinski definition) is 1. The molecule has 5 nitrogen and oxygen atoms in total. The molecular weight excluding hydrogens is 418 g/mol. The van der Waals surface area contributed by atoms with Gasteiger partial charge in [-0.3, -0.25) is 4.31 Å². The molecule has 1 saturated carbocycles. The largest absolute Gasteiger partial charge is 0.378 e. The third kappa shape index (κ3) is 4.00. The molecule has 2 aliphatic rings. The van der Waals surface area contributed by atoms with Crippen LogP contribution in [0.25, 0.3) is 0 Å². The van der Waals surface area contributed by atoms with Crippen molar-refractivity contribution in [3.63, 3.8) is 0 Å². The average molecular weight is 448 g/mol. The van der Waals surface area contributed by atoms with Gasteiger partial charge in [0.15, 0.2) is 0 Å². The van der Waals surface area contributed by atoms with Crippen LogP contribution in [0.5, 0.6) is 0 Å². The van der Waals surface area contributed by atoms with Crippen LogP contribution in [0.4, 0.5) is 11.4 Å². The highest BCUT2D eigenvalue weighted by atomic mass is 32.2. The van der Waals surface area contributed by atoms with Gasteiger partial charge in [-0.25, -0.2) is 8.42 Å². The van der Waals surface area contributed by atoms with E-state index in [1.807, 2.05) is 12.1 Å². The zero-order chi connectivity index (χ0) is 22.3. The van der Waals surface area contributed by atoms with Crippen molar-refractivity contribution in [3.05, 3.63) is 89.5 Å². The average Bonchev–Trinajstić information content (AvgIpc) is 3.46. The first-order chi connectivity index (χ1) is 15.4. The molecule has 1 aliphatic heterocycles. The Balaban J connectivity index is 1.24. The minimum atomic E-state index is -3.51. The lowest BCUT2D eigenvalue weighted by atomic mass is 10.0. The molecule has 3 aromatic carbocycles. The Morgan fingerprint density at radius 1 is 1.00 bits per heavy atom. The van der Waals surface area contributed by atoms with Crippen LogP contribution in [-0.4, -0.2) is 35.1 Å². The van der Waals surface area contributed by atoms with Crippen LogP contribution in [0.15, 0.2) is 77.7 Å². The van der Waals surface area contributed by atoms with E-state index >= 15 is 0 Å². The number of nitrogens with one attached hydrogen (secondary N) is 1. The third-order valence-electron chi connectivity index (χ3n) is 6.53. The zero-order valence-electron chi connectivity index (χ0n) is 18.5. The molecule has 5 rings (SSSR count). The molecule has 2 atom stereocenters. The predicted molar refractivity (Wildman–Crippen MR) is 130 cm³/mol. The van der Waals surface area contributed by atoms with Crippen molar-refractivity contribution in [1.82, 2.24) is 5.32 Å². The predicted octanol–water partition coefficient (Wildman–Crippen LogP) is 4.15. The van der Waals surface area contributed by atoms with Gasteiger partial charge in [-0.15, -0.1) is 0 Å². The Kier molecular flexibility index (Phi) is 5.43. The summed E-state index contributed by atoms with van der Waals surface area (Å²) in [4.78, 5) is 2.45. The third-order valence-corrected chi connectivity index (χ3v) is 8.35. The van der Waals surface area contributed by atoms with Crippen molar-refractivity contribution in [2.75, 3.05) is 29.8 Å². The van der Waals surface area contributed by atoms with Crippen molar-refractivity contribution in [2.45, 2.75) is 36.2 Å². The van der Waals surface area contributed by atoms with Crippen molar-refractivity contribution in [3.8, 4) is 0 Å². The summed E-state index contributed by atoms with van der Waals surface area (Å²) in [6.07, 6.45) is 1.89. The first kappa shape index (κ1) is 21.0. The molecule has 6 heteroatoms. The van der Waals surface area contributed by atoms with Gasteiger partial charge in [0.1, 0.15) is 0 Å². The fraction of sp³-hybridized carbons (Fsp3) is 0.308. The number of sulfonamides is 1. The molecule has 3 aromatic rings. The lowest BCUT2D eigenvalue weighted by Crippen LogP contribution is -2.29. The van der Waals surface area contributed by atoms with Crippen LogP contribution in [-0.2, 0) is 23.0 Å². The maximum atomic E-state index is 13.1. The summed E-state index contributed by atoms with van der Waals surface area (Å²) in [6, 6.07) is 24.1. The van der Waals surface area contributed by atoms with Crippen LogP contribution < -0.4 is 14.5 Å². The van der Waals surface area contributed by atoms with Crippen LogP contribution in [0.2, 0.25) is 0 Å². The number of anilines is 2. The summed E-state index contributed by atoms with van der Waals surface area (Å²) in [5.41, 5.74) is 5.76. The summed E-state index contributed by atoms with van der Waals surface area (Å²) in [5, 5.41) is 3.67. The minimum Gasteiger partial charge on any atom is -0.378 e. The Hall–Kier alpha value is -2.83.